The van der Waals surface area contributed by atoms with Crippen LogP contribution in [-0.4, -0.2) is 22.3 Å². The van der Waals surface area contributed by atoms with Crippen molar-refractivity contribution < 1.29 is 15.0 Å². The highest BCUT2D eigenvalue weighted by molar-refractivity contribution is 5.76. The Morgan fingerprint density at radius 1 is 0.879 bits per heavy atom. The van der Waals surface area contributed by atoms with E-state index < -0.39 is 11.4 Å². The predicted molar refractivity (Wildman–Crippen MR) is 133 cm³/mol. The number of carbonyl (C=O) groups is 1. The molecule has 0 aliphatic heterocycles. The molecule has 8 atom stereocenters. The Morgan fingerprint density at radius 2 is 1.55 bits per heavy atom. The van der Waals surface area contributed by atoms with Crippen LogP contribution in [0.25, 0.3) is 0 Å². The molecule has 3 nitrogen and oxygen atoms in total. The third-order valence-electron chi connectivity index (χ3n) is 13.0. The smallest absolute Gasteiger partial charge is 0.310 e. The standard InChI is InChI=1S/C30H48O3/c1-25(2)14-16-30(24(32)33)17-15-28(6)19(20(30)18-25)8-9-22-27(5)12-11-23(31)26(3,4)21(27)10-13-29(22,28)7/h8,20-23,31H,9-18H2,1-7H3,(H,32,33)/t20-,21+,22-,23+,27-,28-,29+,30-/m1/s1. The summed E-state index contributed by atoms with van der Waals surface area (Å²) in [5, 5.41) is 21.4. The van der Waals surface area contributed by atoms with Crippen LogP contribution in [0.4, 0.5) is 0 Å². The first-order valence-electron chi connectivity index (χ1n) is 13.8. The monoisotopic (exact) mass is 456 g/mol. The van der Waals surface area contributed by atoms with E-state index >= 15 is 0 Å². The minimum absolute atomic E-state index is 0.0301. The van der Waals surface area contributed by atoms with Gasteiger partial charge in [0.15, 0.2) is 0 Å². The van der Waals surface area contributed by atoms with Crippen molar-refractivity contribution in [1.29, 1.82) is 0 Å². The molecule has 4 saturated carbocycles. The molecule has 0 heterocycles. The summed E-state index contributed by atoms with van der Waals surface area (Å²) < 4.78 is 0. The van der Waals surface area contributed by atoms with E-state index in [0.29, 0.717) is 11.8 Å². The van der Waals surface area contributed by atoms with E-state index in [4.69, 9.17) is 0 Å². The topological polar surface area (TPSA) is 57.5 Å². The van der Waals surface area contributed by atoms with Crippen LogP contribution < -0.4 is 0 Å². The average molecular weight is 457 g/mol. The van der Waals surface area contributed by atoms with Crippen LogP contribution in [-0.2, 0) is 4.79 Å². The van der Waals surface area contributed by atoms with Gasteiger partial charge in [0.1, 0.15) is 0 Å². The summed E-state index contributed by atoms with van der Waals surface area (Å²) in [5.74, 6) is 0.807. The molecular formula is C30H48O3. The molecule has 0 spiro atoms. The molecule has 186 valence electrons. The maximum Gasteiger partial charge on any atom is 0.310 e. The van der Waals surface area contributed by atoms with Gasteiger partial charge in [0.25, 0.3) is 0 Å². The summed E-state index contributed by atoms with van der Waals surface area (Å²) in [4.78, 5) is 12.8. The molecule has 0 radical (unpaired) electrons. The molecule has 0 aromatic carbocycles. The van der Waals surface area contributed by atoms with Crippen molar-refractivity contribution in [3.63, 3.8) is 0 Å². The second kappa shape index (κ2) is 6.89. The highest BCUT2D eigenvalue weighted by atomic mass is 16.4. The lowest BCUT2D eigenvalue weighted by Gasteiger charge is -2.71. The first-order valence-corrected chi connectivity index (χ1v) is 13.8. The van der Waals surface area contributed by atoms with Gasteiger partial charge in [-0.1, -0.05) is 60.1 Å². The van der Waals surface area contributed by atoms with Gasteiger partial charge in [0.05, 0.1) is 11.5 Å². The minimum atomic E-state index is -0.553. The summed E-state index contributed by atoms with van der Waals surface area (Å²) >= 11 is 0. The van der Waals surface area contributed by atoms with Crippen molar-refractivity contribution in [3.8, 4) is 0 Å². The van der Waals surface area contributed by atoms with Gasteiger partial charge in [-0.05, 0) is 109 Å². The van der Waals surface area contributed by atoms with Crippen LogP contribution >= 0.6 is 0 Å². The Labute approximate surface area is 201 Å². The molecule has 0 bridgehead atoms. The van der Waals surface area contributed by atoms with Crippen molar-refractivity contribution in [3.05, 3.63) is 11.6 Å². The van der Waals surface area contributed by atoms with Crippen molar-refractivity contribution in [2.75, 3.05) is 0 Å². The average Bonchev–Trinajstić information content (AvgIpc) is 2.71. The zero-order chi connectivity index (χ0) is 24.2. The lowest BCUT2D eigenvalue weighted by molar-refractivity contribution is -0.205. The van der Waals surface area contributed by atoms with Gasteiger partial charge >= 0.3 is 5.97 Å². The number of carboxylic acid groups (broad SMARTS) is 1. The number of hydrogen-bond donors (Lipinski definition) is 2. The number of allylic oxidation sites excluding steroid dienone is 2. The molecule has 0 saturated heterocycles. The summed E-state index contributed by atoms with van der Waals surface area (Å²) in [5.41, 5.74) is 1.68. The van der Waals surface area contributed by atoms with Crippen LogP contribution in [0.2, 0.25) is 0 Å². The number of rotatable bonds is 1. The number of aliphatic hydroxyl groups excluding tert-OH is 1. The van der Waals surface area contributed by atoms with Crippen molar-refractivity contribution >= 4 is 5.97 Å². The van der Waals surface area contributed by atoms with Gasteiger partial charge in [-0.2, -0.15) is 0 Å². The van der Waals surface area contributed by atoms with Crippen LogP contribution in [0, 0.1) is 50.2 Å². The van der Waals surface area contributed by atoms with Crippen LogP contribution in [0.3, 0.4) is 0 Å². The number of hydrogen-bond acceptors (Lipinski definition) is 2. The van der Waals surface area contributed by atoms with Crippen LogP contribution in [0.15, 0.2) is 11.6 Å². The zero-order valence-corrected chi connectivity index (χ0v) is 22.3. The third kappa shape index (κ3) is 2.87. The fourth-order valence-corrected chi connectivity index (χ4v) is 10.6. The lowest BCUT2D eigenvalue weighted by atomic mass is 9.33. The molecule has 33 heavy (non-hydrogen) atoms. The molecule has 5 rings (SSSR count). The van der Waals surface area contributed by atoms with E-state index in [1.54, 1.807) is 0 Å². The molecule has 0 amide bonds. The van der Waals surface area contributed by atoms with Gasteiger partial charge in [-0.15, -0.1) is 0 Å². The minimum Gasteiger partial charge on any atom is -0.481 e. The first-order chi connectivity index (χ1) is 15.1. The van der Waals surface area contributed by atoms with E-state index in [9.17, 15) is 15.0 Å². The van der Waals surface area contributed by atoms with Gasteiger partial charge in [0.2, 0.25) is 0 Å². The van der Waals surface area contributed by atoms with Crippen molar-refractivity contribution in [2.24, 2.45) is 50.2 Å². The van der Waals surface area contributed by atoms with E-state index in [1.165, 1.54) is 18.4 Å². The summed E-state index contributed by atoms with van der Waals surface area (Å²) in [6, 6.07) is 0. The Bertz CT molecular complexity index is 885. The van der Waals surface area contributed by atoms with E-state index in [2.05, 4.69) is 54.5 Å². The Kier molecular flexibility index (Phi) is 4.99. The molecule has 0 aromatic heterocycles. The van der Waals surface area contributed by atoms with Gasteiger partial charge < -0.3 is 10.2 Å². The van der Waals surface area contributed by atoms with E-state index in [0.717, 1.165) is 51.4 Å². The quantitative estimate of drug-likeness (QED) is 0.409. The van der Waals surface area contributed by atoms with Crippen molar-refractivity contribution in [2.45, 2.75) is 119 Å². The highest BCUT2D eigenvalue weighted by Gasteiger charge is 2.69. The van der Waals surface area contributed by atoms with Gasteiger partial charge in [-0.25, -0.2) is 0 Å². The maximum absolute atomic E-state index is 12.8. The SMILES string of the molecule is CC1(C)CC[C@@]2(C(=O)O)CC[C@]3(C)C(=CC[C@@H]4[C@]5(C)CC[C@H](O)C(C)(C)[C@@H]5CC[C@@]43C)[C@H]2C1. The lowest BCUT2D eigenvalue weighted by Crippen LogP contribution is -2.65. The Morgan fingerprint density at radius 3 is 2.21 bits per heavy atom. The number of aliphatic carboxylic acids is 1. The largest absolute Gasteiger partial charge is 0.481 e. The summed E-state index contributed by atoms with van der Waals surface area (Å²) in [6.45, 7) is 16.9. The molecule has 4 fully saturated rings. The second-order valence-corrected chi connectivity index (χ2v) is 15.1. The first kappa shape index (κ1) is 23.9. The summed E-state index contributed by atoms with van der Waals surface area (Å²) in [7, 11) is 0. The number of fused-ring (bicyclic) bond motifs is 7. The Balaban J connectivity index is 1.60. The third-order valence-corrected chi connectivity index (χ3v) is 13.0. The van der Waals surface area contributed by atoms with E-state index in [-0.39, 0.29) is 39.1 Å². The van der Waals surface area contributed by atoms with E-state index in [1.807, 2.05) is 0 Å². The summed E-state index contributed by atoms with van der Waals surface area (Å²) in [6.07, 6.45) is 12.6. The van der Waals surface area contributed by atoms with Crippen LogP contribution in [0.1, 0.15) is 113 Å². The Hall–Kier alpha value is -0.830. The van der Waals surface area contributed by atoms with Crippen molar-refractivity contribution in [1.82, 2.24) is 0 Å². The zero-order valence-electron chi connectivity index (χ0n) is 22.3. The van der Waals surface area contributed by atoms with Crippen LogP contribution in [0.5, 0.6) is 0 Å². The fraction of sp³-hybridized carbons (Fsp3) is 0.900. The number of aliphatic hydroxyl groups is 1. The molecule has 3 heteroatoms. The second-order valence-electron chi connectivity index (χ2n) is 15.1. The predicted octanol–water partition coefficient (Wildman–Crippen LogP) is 7.23. The molecule has 2 N–H and O–H groups in total. The highest BCUT2D eigenvalue weighted by Crippen LogP contribution is 2.75. The molecule has 5 aliphatic carbocycles. The maximum atomic E-state index is 12.8. The molecule has 0 aromatic rings. The molecule has 5 aliphatic rings. The normalized spacial score (nSPS) is 52.4. The molecule has 0 unspecified atom stereocenters. The van der Waals surface area contributed by atoms with Gasteiger partial charge in [0, 0.05) is 0 Å². The fourth-order valence-electron chi connectivity index (χ4n) is 10.6. The van der Waals surface area contributed by atoms with Gasteiger partial charge in [-0.3, -0.25) is 4.79 Å². The molecular weight excluding hydrogens is 408 g/mol. The number of carboxylic acids is 1.